The highest BCUT2D eigenvalue weighted by atomic mass is 16.5. The lowest BCUT2D eigenvalue weighted by Gasteiger charge is -2.09. The molecule has 17 heavy (non-hydrogen) atoms. The summed E-state index contributed by atoms with van der Waals surface area (Å²) in [6, 6.07) is 15.9. The van der Waals surface area contributed by atoms with Crippen molar-refractivity contribution in [3.8, 4) is 16.9 Å². The summed E-state index contributed by atoms with van der Waals surface area (Å²) in [5.74, 6) is 0.699. The largest absolute Gasteiger partial charge is 0.487 e. The van der Waals surface area contributed by atoms with Crippen LogP contribution in [0.2, 0.25) is 0 Å². The van der Waals surface area contributed by atoms with Crippen LogP contribution < -0.4 is 10.5 Å². The fourth-order valence-corrected chi connectivity index (χ4v) is 1.64. The summed E-state index contributed by atoms with van der Waals surface area (Å²) in [5.41, 5.74) is 8.83. The number of nitrogens with two attached hydrogens (primary N) is 1. The maximum absolute atomic E-state index is 5.94. The molecule has 0 unspecified atom stereocenters. The molecule has 0 atom stereocenters. The Balaban J connectivity index is 2.28. The summed E-state index contributed by atoms with van der Waals surface area (Å²) in [5, 5.41) is 0. The molecule has 2 rings (SSSR count). The standard InChI is InChI=1S/C15H15NO/c1-2-10-17-15-9-8-13(11-14(15)16)12-6-4-3-5-7-12/h2-9,11H,1,10,16H2. The van der Waals surface area contributed by atoms with E-state index in [0.29, 0.717) is 18.0 Å². The third-order valence-electron chi connectivity index (χ3n) is 2.47. The van der Waals surface area contributed by atoms with Crippen LogP contribution in [0.15, 0.2) is 61.2 Å². The summed E-state index contributed by atoms with van der Waals surface area (Å²) >= 11 is 0. The predicted molar refractivity (Wildman–Crippen MR) is 72.0 cm³/mol. The van der Waals surface area contributed by atoms with Crippen LogP contribution in [0.4, 0.5) is 5.69 Å². The van der Waals surface area contributed by atoms with Gasteiger partial charge in [-0.3, -0.25) is 0 Å². The topological polar surface area (TPSA) is 35.2 Å². The molecule has 2 N–H and O–H groups in total. The van der Waals surface area contributed by atoms with Crippen LogP contribution in [-0.4, -0.2) is 6.61 Å². The van der Waals surface area contributed by atoms with Crippen molar-refractivity contribution in [2.24, 2.45) is 0 Å². The molecule has 0 aliphatic heterocycles. The molecule has 0 radical (unpaired) electrons. The highest BCUT2D eigenvalue weighted by molar-refractivity contribution is 5.70. The number of hydrogen-bond donors (Lipinski definition) is 1. The van der Waals surface area contributed by atoms with E-state index in [9.17, 15) is 0 Å². The molecule has 0 bridgehead atoms. The number of rotatable bonds is 4. The van der Waals surface area contributed by atoms with Crippen molar-refractivity contribution >= 4 is 5.69 Å². The van der Waals surface area contributed by atoms with Crippen LogP contribution in [-0.2, 0) is 0 Å². The van der Waals surface area contributed by atoms with Crippen LogP contribution in [0.5, 0.6) is 5.75 Å². The molecule has 86 valence electrons. The van der Waals surface area contributed by atoms with Gasteiger partial charge in [0, 0.05) is 0 Å². The van der Waals surface area contributed by atoms with Gasteiger partial charge in [-0.1, -0.05) is 49.1 Å². The monoisotopic (exact) mass is 225 g/mol. The Kier molecular flexibility index (Phi) is 3.46. The molecule has 2 aromatic rings. The van der Waals surface area contributed by atoms with Crippen molar-refractivity contribution in [1.82, 2.24) is 0 Å². The first-order valence-electron chi connectivity index (χ1n) is 5.50. The Morgan fingerprint density at radius 2 is 1.82 bits per heavy atom. The molecule has 2 heteroatoms. The minimum Gasteiger partial charge on any atom is -0.487 e. The normalized spacial score (nSPS) is 9.88. The smallest absolute Gasteiger partial charge is 0.142 e. The number of ether oxygens (including phenoxy) is 1. The van der Waals surface area contributed by atoms with Gasteiger partial charge in [0.25, 0.3) is 0 Å². The minimum atomic E-state index is 0.467. The molecule has 0 heterocycles. The lowest BCUT2D eigenvalue weighted by atomic mass is 10.1. The average Bonchev–Trinajstić information content (AvgIpc) is 2.38. The van der Waals surface area contributed by atoms with Crippen molar-refractivity contribution in [1.29, 1.82) is 0 Å². The fourth-order valence-electron chi connectivity index (χ4n) is 1.64. The lowest BCUT2D eigenvalue weighted by Crippen LogP contribution is -1.97. The van der Waals surface area contributed by atoms with Crippen LogP contribution in [0.25, 0.3) is 11.1 Å². The van der Waals surface area contributed by atoms with Gasteiger partial charge in [0.15, 0.2) is 0 Å². The first-order valence-corrected chi connectivity index (χ1v) is 5.50. The number of benzene rings is 2. The summed E-state index contributed by atoms with van der Waals surface area (Å²) in [6.07, 6.45) is 1.70. The van der Waals surface area contributed by atoms with Gasteiger partial charge < -0.3 is 10.5 Å². The molecule has 0 amide bonds. The molecule has 0 saturated carbocycles. The molecule has 0 saturated heterocycles. The Bertz CT molecular complexity index is 506. The molecular weight excluding hydrogens is 210 g/mol. The van der Waals surface area contributed by atoms with E-state index in [1.54, 1.807) is 6.08 Å². The van der Waals surface area contributed by atoms with Crippen molar-refractivity contribution in [2.45, 2.75) is 0 Å². The Labute approximate surface area is 101 Å². The van der Waals surface area contributed by atoms with E-state index in [0.717, 1.165) is 11.1 Å². The van der Waals surface area contributed by atoms with E-state index >= 15 is 0 Å². The summed E-state index contributed by atoms with van der Waals surface area (Å²) in [7, 11) is 0. The van der Waals surface area contributed by atoms with Crippen molar-refractivity contribution in [3.05, 3.63) is 61.2 Å². The number of anilines is 1. The van der Waals surface area contributed by atoms with E-state index in [-0.39, 0.29) is 0 Å². The van der Waals surface area contributed by atoms with Crippen molar-refractivity contribution in [3.63, 3.8) is 0 Å². The molecule has 2 aromatic carbocycles. The maximum Gasteiger partial charge on any atom is 0.142 e. The van der Waals surface area contributed by atoms with Gasteiger partial charge in [0.1, 0.15) is 12.4 Å². The van der Waals surface area contributed by atoms with Crippen LogP contribution in [0, 0.1) is 0 Å². The van der Waals surface area contributed by atoms with Crippen molar-refractivity contribution < 1.29 is 4.74 Å². The van der Waals surface area contributed by atoms with Crippen LogP contribution in [0.1, 0.15) is 0 Å². The Morgan fingerprint density at radius 3 is 2.47 bits per heavy atom. The van der Waals surface area contributed by atoms with Gasteiger partial charge in [-0.15, -0.1) is 0 Å². The Morgan fingerprint density at radius 1 is 1.06 bits per heavy atom. The second kappa shape index (κ2) is 5.21. The third-order valence-corrected chi connectivity index (χ3v) is 2.47. The molecule has 0 aliphatic carbocycles. The quantitative estimate of drug-likeness (QED) is 0.638. The second-order valence-corrected chi connectivity index (χ2v) is 3.72. The fraction of sp³-hybridized carbons (Fsp3) is 0.0667. The molecule has 0 spiro atoms. The maximum atomic E-state index is 5.94. The van der Waals surface area contributed by atoms with E-state index in [1.165, 1.54) is 0 Å². The number of hydrogen-bond acceptors (Lipinski definition) is 2. The van der Waals surface area contributed by atoms with Crippen LogP contribution >= 0.6 is 0 Å². The van der Waals surface area contributed by atoms with E-state index in [4.69, 9.17) is 10.5 Å². The highest BCUT2D eigenvalue weighted by Gasteiger charge is 2.02. The van der Waals surface area contributed by atoms with E-state index in [1.807, 2.05) is 36.4 Å². The first kappa shape index (κ1) is 11.3. The van der Waals surface area contributed by atoms with Gasteiger partial charge in [-0.2, -0.15) is 0 Å². The predicted octanol–water partition coefficient (Wildman–Crippen LogP) is 3.50. The second-order valence-electron chi connectivity index (χ2n) is 3.72. The summed E-state index contributed by atoms with van der Waals surface area (Å²) < 4.78 is 5.43. The molecule has 2 nitrogen and oxygen atoms in total. The number of nitrogen functional groups attached to an aromatic ring is 1. The average molecular weight is 225 g/mol. The Hall–Kier alpha value is -2.22. The summed E-state index contributed by atoms with van der Waals surface area (Å²) in [6.45, 7) is 4.07. The van der Waals surface area contributed by atoms with Crippen LogP contribution in [0.3, 0.4) is 0 Å². The molecule has 0 fully saturated rings. The van der Waals surface area contributed by atoms with Gasteiger partial charge >= 0.3 is 0 Å². The van der Waals surface area contributed by atoms with E-state index in [2.05, 4.69) is 18.7 Å². The third kappa shape index (κ3) is 2.67. The summed E-state index contributed by atoms with van der Waals surface area (Å²) in [4.78, 5) is 0. The van der Waals surface area contributed by atoms with Gasteiger partial charge in [-0.05, 0) is 23.3 Å². The van der Waals surface area contributed by atoms with Gasteiger partial charge in [0.05, 0.1) is 5.69 Å². The molecule has 0 aliphatic rings. The van der Waals surface area contributed by atoms with Gasteiger partial charge in [-0.25, -0.2) is 0 Å². The molecular formula is C15H15NO. The first-order chi connectivity index (χ1) is 8.31. The molecule has 0 aromatic heterocycles. The SMILES string of the molecule is C=CCOc1ccc(-c2ccccc2)cc1N. The van der Waals surface area contributed by atoms with Crippen molar-refractivity contribution in [2.75, 3.05) is 12.3 Å². The van der Waals surface area contributed by atoms with E-state index < -0.39 is 0 Å². The minimum absolute atomic E-state index is 0.467. The zero-order chi connectivity index (χ0) is 12.1. The zero-order valence-electron chi connectivity index (χ0n) is 9.60. The zero-order valence-corrected chi connectivity index (χ0v) is 9.60. The highest BCUT2D eigenvalue weighted by Crippen LogP contribution is 2.28. The van der Waals surface area contributed by atoms with Gasteiger partial charge in [0.2, 0.25) is 0 Å². The lowest BCUT2D eigenvalue weighted by molar-refractivity contribution is 0.365.